The van der Waals surface area contributed by atoms with Crippen LogP contribution in [0.2, 0.25) is 0 Å². The van der Waals surface area contributed by atoms with Crippen LogP contribution in [0.25, 0.3) is 5.70 Å². The minimum Gasteiger partial charge on any atom is -0.396 e. The molecule has 6 N–H and O–H groups in total. The van der Waals surface area contributed by atoms with Crippen LogP contribution in [0.4, 0.5) is 4.39 Å². The Kier molecular flexibility index (Phi) is 4.90. The molecule has 4 unspecified atom stereocenters. The van der Waals surface area contributed by atoms with Crippen molar-refractivity contribution in [3.63, 3.8) is 0 Å². The van der Waals surface area contributed by atoms with Crippen LogP contribution >= 0.6 is 0 Å². The number of aliphatic hydroxyl groups excluding tert-OH is 1. The molecule has 1 aromatic rings. The topological polar surface area (TPSA) is 140 Å². The van der Waals surface area contributed by atoms with E-state index in [0.29, 0.717) is 25.2 Å². The molecule has 3 aliphatic rings. The van der Waals surface area contributed by atoms with Crippen molar-refractivity contribution in [1.29, 1.82) is 0 Å². The predicted molar refractivity (Wildman–Crippen MR) is 100 cm³/mol. The zero-order valence-electron chi connectivity index (χ0n) is 15.7. The summed E-state index contributed by atoms with van der Waals surface area (Å²) >= 11 is 0. The van der Waals surface area contributed by atoms with Crippen molar-refractivity contribution in [2.75, 3.05) is 26.8 Å². The molecule has 0 aromatic carbocycles. The smallest absolute Gasteiger partial charge is 0.328 e. The molecular weight excluding hydrogens is 369 g/mol. The average molecular weight is 395 g/mol. The second-order valence-electron chi connectivity index (χ2n) is 7.87. The molecule has 1 saturated heterocycles. The van der Waals surface area contributed by atoms with Gasteiger partial charge in [-0.2, -0.15) is 0 Å². The van der Waals surface area contributed by atoms with Crippen molar-refractivity contribution < 1.29 is 14.2 Å². The lowest BCUT2D eigenvalue weighted by Crippen LogP contribution is -2.48. The maximum Gasteiger partial charge on any atom is 0.328 e. The molecule has 0 amide bonds. The lowest BCUT2D eigenvalue weighted by atomic mass is 9.91. The third-order valence-electron chi connectivity index (χ3n) is 6.16. The third-order valence-corrected chi connectivity index (χ3v) is 6.16. The molecule has 4 atom stereocenters. The number of fused-ring (bicyclic) bond motifs is 1. The lowest BCUT2D eigenvalue weighted by molar-refractivity contribution is 0.0176. The van der Waals surface area contributed by atoms with Crippen LogP contribution in [0.3, 0.4) is 0 Å². The van der Waals surface area contributed by atoms with Crippen molar-refractivity contribution in [3.05, 3.63) is 37.9 Å². The Morgan fingerprint density at radius 1 is 1.36 bits per heavy atom. The van der Waals surface area contributed by atoms with Gasteiger partial charge in [0.05, 0.1) is 29.6 Å². The van der Waals surface area contributed by atoms with E-state index in [-0.39, 0.29) is 29.8 Å². The maximum atomic E-state index is 15.4. The van der Waals surface area contributed by atoms with Crippen molar-refractivity contribution in [1.82, 2.24) is 14.5 Å². The summed E-state index contributed by atoms with van der Waals surface area (Å²) in [5, 5.41) is 9.33. The number of hydrogen-bond donors (Lipinski definition) is 4. The van der Waals surface area contributed by atoms with Gasteiger partial charge in [0.25, 0.3) is 5.56 Å². The van der Waals surface area contributed by atoms with Crippen LogP contribution in [0.15, 0.2) is 15.4 Å². The van der Waals surface area contributed by atoms with Crippen molar-refractivity contribution in [2.24, 2.45) is 17.4 Å². The first-order valence-electron chi connectivity index (χ1n) is 9.56. The molecule has 10 heteroatoms. The van der Waals surface area contributed by atoms with E-state index < -0.39 is 35.3 Å². The van der Waals surface area contributed by atoms with Gasteiger partial charge in [0.15, 0.2) is 0 Å². The van der Waals surface area contributed by atoms with Crippen LogP contribution in [-0.2, 0) is 4.74 Å². The molecule has 1 aromatic heterocycles. The Morgan fingerprint density at radius 3 is 2.68 bits per heavy atom. The summed E-state index contributed by atoms with van der Waals surface area (Å²) in [6.45, 7) is 0.881. The van der Waals surface area contributed by atoms with E-state index in [9.17, 15) is 14.7 Å². The average Bonchev–Trinajstić information content (AvgIpc) is 3.38. The van der Waals surface area contributed by atoms with Gasteiger partial charge in [-0.3, -0.25) is 19.2 Å². The predicted octanol–water partition coefficient (Wildman–Crippen LogP) is -0.820. The van der Waals surface area contributed by atoms with E-state index in [1.807, 2.05) is 4.90 Å². The Bertz CT molecular complexity index is 922. The first-order chi connectivity index (χ1) is 13.4. The summed E-state index contributed by atoms with van der Waals surface area (Å²) in [5.74, 6) is -0.619. The van der Waals surface area contributed by atoms with Gasteiger partial charge in [-0.25, -0.2) is 9.18 Å². The highest BCUT2D eigenvalue weighted by Gasteiger charge is 2.46. The number of halogens is 1. The van der Waals surface area contributed by atoms with E-state index in [2.05, 4.69) is 4.98 Å². The molecule has 0 bridgehead atoms. The zero-order chi connectivity index (χ0) is 20.2. The molecule has 154 valence electrons. The molecule has 0 spiro atoms. The molecule has 2 heterocycles. The largest absolute Gasteiger partial charge is 0.396 e. The molecule has 28 heavy (non-hydrogen) atoms. The zero-order valence-corrected chi connectivity index (χ0v) is 15.7. The summed E-state index contributed by atoms with van der Waals surface area (Å²) in [6, 6.07) is -1.28. The van der Waals surface area contributed by atoms with Crippen LogP contribution in [0.1, 0.15) is 42.7 Å². The summed E-state index contributed by atoms with van der Waals surface area (Å²) in [5.41, 5.74) is 10.9. The maximum absolute atomic E-state index is 15.4. The normalized spacial score (nSPS) is 29.2. The van der Waals surface area contributed by atoms with E-state index in [1.54, 1.807) is 0 Å². The van der Waals surface area contributed by atoms with Crippen LogP contribution < -0.4 is 22.7 Å². The van der Waals surface area contributed by atoms with Gasteiger partial charge in [-0.05, 0) is 31.7 Å². The number of nitrogens with two attached hydrogens (primary N) is 2. The second kappa shape index (κ2) is 7.11. The van der Waals surface area contributed by atoms with Crippen LogP contribution in [-0.4, -0.2) is 58.4 Å². The summed E-state index contributed by atoms with van der Waals surface area (Å²) in [6.07, 6.45) is 1.48. The fourth-order valence-corrected chi connectivity index (χ4v) is 4.52. The number of likely N-dealkylation sites (tertiary alicyclic amines) is 1. The van der Waals surface area contributed by atoms with E-state index in [1.165, 1.54) is 11.7 Å². The van der Waals surface area contributed by atoms with Gasteiger partial charge < -0.3 is 21.3 Å². The number of rotatable bonds is 5. The van der Waals surface area contributed by atoms with Gasteiger partial charge in [0, 0.05) is 25.7 Å². The summed E-state index contributed by atoms with van der Waals surface area (Å²) in [4.78, 5) is 29.1. The monoisotopic (exact) mass is 395 g/mol. The number of H-pyrrole nitrogens is 1. The Morgan fingerprint density at radius 2 is 2.07 bits per heavy atom. The fourth-order valence-electron chi connectivity index (χ4n) is 4.52. The molecule has 0 radical (unpaired) electrons. The van der Waals surface area contributed by atoms with Crippen molar-refractivity contribution in [2.45, 2.75) is 43.5 Å². The number of hydrogen-bond acceptors (Lipinski definition) is 7. The number of methoxy groups -OCH3 is 1. The fraction of sp³-hybridized carbons (Fsp3) is 0.667. The van der Waals surface area contributed by atoms with E-state index in [4.69, 9.17) is 16.2 Å². The minimum absolute atomic E-state index is 0.0164. The lowest BCUT2D eigenvalue weighted by Gasteiger charge is -2.38. The van der Waals surface area contributed by atoms with Crippen LogP contribution in [0, 0.1) is 5.92 Å². The number of aliphatic hydroxyl groups is 1. The molecule has 9 nitrogen and oxygen atoms in total. The summed E-state index contributed by atoms with van der Waals surface area (Å²) in [7, 11) is 1.44. The molecule has 4 rings (SSSR count). The molecule has 1 saturated carbocycles. The molecule has 2 fully saturated rings. The SMILES string of the molecule is COC1c2c(c(=O)[nH]c(=O)n2C2CC2)C(N)=C(F)C1N1CCC(C(N)CO)C1. The van der Waals surface area contributed by atoms with Crippen molar-refractivity contribution in [3.8, 4) is 0 Å². The highest BCUT2D eigenvalue weighted by atomic mass is 19.1. The second-order valence-corrected chi connectivity index (χ2v) is 7.87. The standard InChI is InChI=1S/C18H26FN5O4/c1-28-16-14-11(17(26)22-18(27)24(14)9-2-3-9)13(21)12(19)15(16)23-5-4-8(6-23)10(20)7-25/h8-10,15-16,25H,2-7,20-21H2,1H3,(H,22,26,27). The van der Waals surface area contributed by atoms with Crippen molar-refractivity contribution >= 4 is 5.70 Å². The summed E-state index contributed by atoms with van der Waals surface area (Å²) < 4.78 is 22.5. The Hall–Kier alpha value is -2.01. The quantitative estimate of drug-likeness (QED) is 0.511. The van der Waals surface area contributed by atoms with Gasteiger partial charge in [0.1, 0.15) is 11.9 Å². The Labute approximate surface area is 160 Å². The van der Waals surface area contributed by atoms with E-state index >= 15 is 4.39 Å². The number of ether oxygens (including phenoxy) is 1. The van der Waals surface area contributed by atoms with E-state index in [0.717, 1.165) is 12.8 Å². The minimum atomic E-state index is -0.848. The number of nitrogens with one attached hydrogen (secondary N) is 1. The first kappa shape index (κ1) is 19.3. The molecule has 1 aliphatic heterocycles. The highest BCUT2D eigenvalue weighted by Crippen LogP contribution is 2.44. The van der Waals surface area contributed by atoms with Gasteiger partial charge >= 0.3 is 5.69 Å². The molecular formula is C18H26FN5O4. The van der Waals surface area contributed by atoms with Gasteiger partial charge in [-0.15, -0.1) is 0 Å². The molecule has 2 aliphatic carbocycles. The first-order valence-corrected chi connectivity index (χ1v) is 9.56. The van der Waals surface area contributed by atoms with Gasteiger partial charge in [0.2, 0.25) is 0 Å². The third kappa shape index (κ3) is 2.91. The number of aromatic amines is 1. The van der Waals surface area contributed by atoms with Gasteiger partial charge in [-0.1, -0.05) is 0 Å². The highest BCUT2D eigenvalue weighted by molar-refractivity contribution is 5.70. The number of aromatic nitrogens is 2. The number of nitrogens with zero attached hydrogens (tertiary/aromatic N) is 2. The Balaban J connectivity index is 1.82. The van der Waals surface area contributed by atoms with Crippen LogP contribution in [0.5, 0.6) is 0 Å².